The third kappa shape index (κ3) is 4.79. The molecule has 5 heteroatoms. The summed E-state index contributed by atoms with van der Waals surface area (Å²) in [5.41, 5.74) is 1.55. The zero-order chi connectivity index (χ0) is 15.8. The summed E-state index contributed by atoms with van der Waals surface area (Å²) in [5, 5.41) is 14.4. The standard InChI is InChI=1S/C17H20N2O3/c1-13(11-20)18-17(21)19-16-10-6-5-7-14(16)12-22-15-8-3-2-4-9-15/h2-10,13,20H,11-12H2,1H3,(H2,18,19,21). The summed E-state index contributed by atoms with van der Waals surface area (Å²) in [7, 11) is 0. The maximum Gasteiger partial charge on any atom is 0.319 e. The highest BCUT2D eigenvalue weighted by Gasteiger charge is 2.09. The number of carbonyl (C=O) groups is 1. The van der Waals surface area contributed by atoms with Gasteiger partial charge in [-0.1, -0.05) is 36.4 Å². The van der Waals surface area contributed by atoms with Gasteiger partial charge >= 0.3 is 6.03 Å². The normalized spacial score (nSPS) is 11.5. The molecule has 1 atom stereocenters. The van der Waals surface area contributed by atoms with Gasteiger partial charge in [-0.15, -0.1) is 0 Å². The number of carbonyl (C=O) groups excluding carboxylic acids is 1. The SMILES string of the molecule is CC(CO)NC(=O)Nc1ccccc1COc1ccccc1. The van der Waals surface area contributed by atoms with Crippen LogP contribution in [0.3, 0.4) is 0 Å². The third-order valence-electron chi connectivity index (χ3n) is 3.05. The topological polar surface area (TPSA) is 70.6 Å². The maximum absolute atomic E-state index is 11.8. The number of aliphatic hydroxyl groups excluding tert-OH is 1. The molecule has 0 fully saturated rings. The van der Waals surface area contributed by atoms with Crippen LogP contribution in [0.1, 0.15) is 12.5 Å². The number of ether oxygens (including phenoxy) is 1. The molecule has 0 radical (unpaired) electrons. The average molecular weight is 300 g/mol. The third-order valence-corrected chi connectivity index (χ3v) is 3.05. The van der Waals surface area contributed by atoms with E-state index >= 15 is 0 Å². The monoisotopic (exact) mass is 300 g/mol. The Hall–Kier alpha value is -2.53. The van der Waals surface area contributed by atoms with Crippen LogP contribution in [0.25, 0.3) is 0 Å². The second-order valence-corrected chi connectivity index (χ2v) is 4.94. The first kappa shape index (κ1) is 15.9. The van der Waals surface area contributed by atoms with Crippen molar-refractivity contribution in [3.05, 3.63) is 60.2 Å². The molecular formula is C17H20N2O3. The molecule has 5 nitrogen and oxygen atoms in total. The number of anilines is 1. The van der Waals surface area contributed by atoms with E-state index in [0.717, 1.165) is 11.3 Å². The van der Waals surface area contributed by atoms with Crippen molar-refractivity contribution in [1.29, 1.82) is 0 Å². The molecular weight excluding hydrogens is 280 g/mol. The Balaban J connectivity index is 1.99. The highest BCUT2D eigenvalue weighted by atomic mass is 16.5. The second-order valence-electron chi connectivity index (χ2n) is 4.94. The number of hydrogen-bond donors (Lipinski definition) is 3. The Labute approximate surface area is 129 Å². The van der Waals surface area contributed by atoms with Crippen LogP contribution in [0.2, 0.25) is 0 Å². The minimum atomic E-state index is -0.353. The number of rotatable bonds is 6. The highest BCUT2D eigenvalue weighted by Crippen LogP contribution is 2.18. The summed E-state index contributed by atoms with van der Waals surface area (Å²) < 4.78 is 5.70. The number of amides is 2. The maximum atomic E-state index is 11.8. The summed E-state index contributed by atoms with van der Waals surface area (Å²) in [6.07, 6.45) is 0. The number of urea groups is 1. The van der Waals surface area contributed by atoms with Crippen LogP contribution in [0, 0.1) is 0 Å². The second kappa shape index (κ2) is 8.05. The molecule has 0 heterocycles. The first-order valence-electron chi connectivity index (χ1n) is 7.13. The van der Waals surface area contributed by atoms with Gasteiger partial charge in [0.25, 0.3) is 0 Å². The van der Waals surface area contributed by atoms with E-state index in [4.69, 9.17) is 9.84 Å². The van der Waals surface area contributed by atoms with Gasteiger partial charge in [-0.25, -0.2) is 4.79 Å². The highest BCUT2D eigenvalue weighted by molar-refractivity contribution is 5.90. The van der Waals surface area contributed by atoms with E-state index in [1.165, 1.54) is 0 Å². The lowest BCUT2D eigenvalue weighted by molar-refractivity contribution is 0.229. The van der Waals surface area contributed by atoms with E-state index in [1.807, 2.05) is 54.6 Å². The molecule has 1 unspecified atom stereocenters. The van der Waals surface area contributed by atoms with Crippen molar-refractivity contribution in [3.8, 4) is 5.75 Å². The Bertz CT molecular complexity index is 602. The Morgan fingerprint density at radius 3 is 2.55 bits per heavy atom. The number of aliphatic hydroxyl groups is 1. The molecule has 0 saturated heterocycles. The molecule has 22 heavy (non-hydrogen) atoms. The minimum Gasteiger partial charge on any atom is -0.489 e. The summed E-state index contributed by atoms with van der Waals surface area (Å²) in [5.74, 6) is 0.774. The number of para-hydroxylation sites is 2. The van der Waals surface area contributed by atoms with Crippen molar-refractivity contribution in [1.82, 2.24) is 5.32 Å². The molecule has 0 aromatic heterocycles. The first-order chi connectivity index (χ1) is 10.7. The van der Waals surface area contributed by atoms with Crippen LogP contribution in [-0.4, -0.2) is 23.8 Å². The lowest BCUT2D eigenvalue weighted by Gasteiger charge is -2.15. The smallest absolute Gasteiger partial charge is 0.319 e. The van der Waals surface area contributed by atoms with Gasteiger partial charge in [0, 0.05) is 11.3 Å². The van der Waals surface area contributed by atoms with Crippen molar-refractivity contribution in [3.63, 3.8) is 0 Å². The van der Waals surface area contributed by atoms with E-state index in [9.17, 15) is 4.79 Å². The lowest BCUT2D eigenvalue weighted by Crippen LogP contribution is -2.38. The van der Waals surface area contributed by atoms with E-state index in [0.29, 0.717) is 12.3 Å². The molecule has 2 amide bonds. The van der Waals surface area contributed by atoms with Crippen LogP contribution in [0.5, 0.6) is 5.75 Å². The molecule has 2 aromatic rings. The molecule has 3 N–H and O–H groups in total. The molecule has 116 valence electrons. The Kier molecular flexibility index (Phi) is 5.80. The zero-order valence-electron chi connectivity index (χ0n) is 12.5. The fourth-order valence-electron chi connectivity index (χ4n) is 1.87. The predicted octanol–water partition coefficient (Wildman–Crippen LogP) is 2.77. The largest absolute Gasteiger partial charge is 0.489 e. The van der Waals surface area contributed by atoms with Crippen molar-refractivity contribution in [2.24, 2.45) is 0 Å². The van der Waals surface area contributed by atoms with Gasteiger partial charge in [-0.3, -0.25) is 0 Å². The summed E-state index contributed by atoms with van der Waals surface area (Å²) in [6, 6.07) is 16.3. The minimum absolute atomic E-state index is 0.105. The van der Waals surface area contributed by atoms with Gasteiger partial charge in [-0.05, 0) is 25.1 Å². The van der Waals surface area contributed by atoms with Gasteiger partial charge in [-0.2, -0.15) is 0 Å². The van der Waals surface area contributed by atoms with Crippen molar-refractivity contribution in [2.75, 3.05) is 11.9 Å². The number of benzene rings is 2. The quantitative estimate of drug-likeness (QED) is 0.768. The van der Waals surface area contributed by atoms with Gasteiger partial charge in [0.1, 0.15) is 12.4 Å². The molecule has 0 saturated carbocycles. The Morgan fingerprint density at radius 2 is 1.82 bits per heavy atom. The van der Waals surface area contributed by atoms with Gasteiger partial charge in [0.2, 0.25) is 0 Å². The summed E-state index contributed by atoms with van der Waals surface area (Å²) >= 11 is 0. The fourth-order valence-corrected chi connectivity index (χ4v) is 1.87. The van der Waals surface area contributed by atoms with Crippen molar-refractivity contribution < 1.29 is 14.6 Å². The summed E-state index contributed by atoms with van der Waals surface area (Å²) in [6.45, 7) is 1.98. The van der Waals surface area contributed by atoms with E-state index in [-0.39, 0.29) is 18.7 Å². The van der Waals surface area contributed by atoms with Crippen LogP contribution in [-0.2, 0) is 6.61 Å². The molecule has 0 aliphatic heterocycles. The molecule has 0 spiro atoms. The Morgan fingerprint density at radius 1 is 1.14 bits per heavy atom. The zero-order valence-corrected chi connectivity index (χ0v) is 12.5. The van der Waals surface area contributed by atoms with Crippen LogP contribution >= 0.6 is 0 Å². The van der Waals surface area contributed by atoms with Crippen LogP contribution in [0.15, 0.2) is 54.6 Å². The molecule has 2 aromatic carbocycles. The van der Waals surface area contributed by atoms with Crippen LogP contribution in [0.4, 0.5) is 10.5 Å². The van der Waals surface area contributed by atoms with Gasteiger partial charge < -0.3 is 20.5 Å². The van der Waals surface area contributed by atoms with Crippen molar-refractivity contribution in [2.45, 2.75) is 19.6 Å². The predicted molar refractivity (Wildman–Crippen MR) is 85.9 cm³/mol. The average Bonchev–Trinajstić information content (AvgIpc) is 2.54. The number of nitrogens with one attached hydrogen (secondary N) is 2. The van der Waals surface area contributed by atoms with Gasteiger partial charge in [0.15, 0.2) is 0 Å². The fraction of sp³-hybridized carbons (Fsp3) is 0.235. The first-order valence-corrected chi connectivity index (χ1v) is 7.13. The molecule has 0 aliphatic carbocycles. The lowest BCUT2D eigenvalue weighted by atomic mass is 10.2. The van der Waals surface area contributed by atoms with Crippen LogP contribution < -0.4 is 15.4 Å². The van der Waals surface area contributed by atoms with E-state index in [2.05, 4.69) is 10.6 Å². The van der Waals surface area contributed by atoms with Crippen molar-refractivity contribution >= 4 is 11.7 Å². The number of hydrogen-bond acceptors (Lipinski definition) is 3. The van der Waals surface area contributed by atoms with E-state index in [1.54, 1.807) is 6.92 Å². The van der Waals surface area contributed by atoms with Gasteiger partial charge in [0.05, 0.1) is 12.6 Å². The molecule has 0 bridgehead atoms. The summed E-state index contributed by atoms with van der Waals surface area (Å²) in [4.78, 5) is 11.8. The van der Waals surface area contributed by atoms with E-state index < -0.39 is 0 Å². The molecule has 2 rings (SSSR count). The molecule has 0 aliphatic rings.